The average molecular weight is 396 g/mol. The Hall–Kier alpha value is -2.41. The van der Waals surface area contributed by atoms with Crippen LogP contribution in [0.25, 0.3) is 11.0 Å². The summed E-state index contributed by atoms with van der Waals surface area (Å²) in [5.74, 6) is -0.200. The van der Waals surface area contributed by atoms with Crippen LogP contribution >= 0.6 is 15.9 Å². The normalized spacial score (nSPS) is 11.0. The minimum atomic E-state index is -2.88. The molecule has 124 valence electrons. The van der Waals surface area contributed by atoms with Gasteiger partial charge in [0.25, 0.3) is 0 Å². The number of anilines is 1. The highest BCUT2D eigenvalue weighted by atomic mass is 79.9. The molecule has 4 nitrogen and oxygen atoms in total. The second-order valence-electron chi connectivity index (χ2n) is 5.03. The van der Waals surface area contributed by atoms with Crippen molar-refractivity contribution < 1.29 is 22.7 Å². The molecular weight excluding hydrogens is 384 g/mol. The molecule has 0 aliphatic carbocycles. The highest BCUT2D eigenvalue weighted by molar-refractivity contribution is 9.10. The van der Waals surface area contributed by atoms with Crippen LogP contribution in [0.4, 0.5) is 14.5 Å². The van der Waals surface area contributed by atoms with Crippen LogP contribution in [0.1, 0.15) is 5.56 Å². The van der Waals surface area contributed by atoms with Crippen molar-refractivity contribution >= 4 is 38.5 Å². The molecule has 1 aromatic heterocycles. The Morgan fingerprint density at radius 1 is 1.21 bits per heavy atom. The van der Waals surface area contributed by atoms with E-state index in [0.717, 1.165) is 15.4 Å². The van der Waals surface area contributed by atoms with E-state index in [2.05, 4.69) is 26.0 Å². The summed E-state index contributed by atoms with van der Waals surface area (Å²) >= 11 is 3.39. The summed E-state index contributed by atoms with van der Waals surface area (Å²) in [4.78, 5) is 12.2. The molecule has 3 aromatic rings. The molecule has 1 heterocycles. The van der Waals surface area contributed by atoms with Crippen molar-refractivity contribution in [3.05, 3.63) is 58.8 Å². The first-order chi connectivity index (χ1) is 11.5. The number of rotatable bonds is 5. The van der Waals surface area contributed by atoms with Gasteiger partial charge in [0.05, 0.1) is 12.7 Å². The quantitative estimate of drug-likeness (QED) is 0.662. The van der Waals surface area contributed by atoms with Gasteiger partial charge >= 0.3 is 6.61 Å². The van der Waals surface area contributed by atoms with Gasteiger partial charge in [-0.15, -0.1) is 0 Å². The molecule has 2 aromatic carbocycles. The van der Waals surface area contributed by atoms with Gasteiger partial charge < -0.3 is 14.5 Å². The zero-order valence-corrected chi connectivity index (χ0v) is 13.8. The monoisotopic (exact) mass is 395 g/mol. The van der Waals surface area contributed by atoms with Crippen LogP contribution in [0.5, 0.6) is 5.75 Å². The van der Waals surface area contributed by atoms with E-state index in [9.17, 15) is 13.6 Å². The molecule has 0 atom stereocenters. The molecule has 0 bridgehead atoms. The molecule has 0 spiro atoms. The summed E-state index contributed by atoms with van der Waals surface area (Å²) in [6.07, 6.45) is 1.69. The molecule has 0 aliphatic rings. The van der Waals surface area contributed by atoms with Gasteiger partial charge in [0.2, 0.25) is 5.91 Å². The molecule has 3 rings (SSSR count). The summed E-state index contributed by atoms with van der Waals surface area (Å²) in [7, 11) is 0. The SMILES string of the molecule is O=C(Cc1coc2ccc(Br)cc12)Nc1ccc(OC(F)F)cc1. The number of benzene rings is 2. The molecule has 0 fully saturated rings. The van der Waals surface area contributed by atoms with Crippen LogP contribution in [-0.2, 0) is 11.2 Å². The molecule has 7 heteroatoms. The Balaban J connectivity index is 1.67. The minimum Gasteiger partial charge on any atom is -0.464 e. The Labute approximate surface area is 144 Å². The fraction of sp³-hybridized carbons (Fsp3) is 0.118. The predicted octanol–water partition coefficient (Wildman–Crippen LogP) is 4.98. The number of fused-ring (bicyclic) bond motifs is 1. The number of hydrogen-bond donors (Lipinski definition) is 1. The molecule has 0 radical (unpaired) electrons. The van der Waals surface area contributed by atoms with E-state index in [1.807, 2.05) is 18.2 Å². The minimum absolute atomic E-state index is 0.0358. The van der Waals surface area contributed by atoms with Crippen LogP contribution in [-0.4, -0.2) is 12.5 Å². The van der Waals surface area contributed by atoms with E-state index in [4.69, 9.17) is 4.42 Å². The van der Waals surface area contributed by atoms with Crippen LogP contribution in [0.2, 0.25) is 0 Å². The Morgan fingerprint density at radius 3 is 2.67 bits per heavy atom. The first-order valence-electron chi connectivity index (χ1n) is 7.01. The van der Waals surface area contributed by atoms with Crippen molar-refractivity contribution in [1.29, 1.82) is 0 Å². The fourth-order valence-corrected chi connectivity index (χ4v) is 2.65. The van der Waals surface area contributed by atoms with Crippen molar-refractivity contribution in [2.24, 2.45) is 0 Å². The maximum Gasteiger partial charge on any atom is 0.387 e. The molecule has 24 heavy (non-hydrogen) atoms. The van der Waals surface area contributed by atoms with Crippen molar-refractivity contribution in [3.8, 4) is 5.75 Å². The highest BCUT2D eigenvalue weighted by Gasteiger charge is 2.11. The van der Waals surface area contributed by atoms with Crippen LogP contribution in [0.3, 0.4) is 0 Å². The van der Waals surface area contributed by atoms with Gasteiger partial charge in [0.1, 0.15) is 11.3 Å². The lowest BCUT2D eigenvalue weighted by molar-refractivity contribution is -0.115. The summed E-state index contributed by atoms with van der Waals surface area (Å²) in [6, 6.07) is 11.3. The molecular formula is C17H12BrF2NO3. The van der Waals surface area contributed by atoms with Gasteiger partial charge in [-0.05, 0) is 42.5 Å². The number of carbonyl (C=O) groups excluding carboxylic acids is 1. The van der Waals surface area contributed by atoms with Gasteiger partial charge in [0, 0.05) is 21.1 Å². The molecule has 1 amide bonds. The molecule has 0 aliphatic heterocycles. The number of nitrogens with one attached hydrogen (secondary N) is 1. The predicted molar refractivity (Wildman–Crippen MR) is 89.3 cm³/mol. The zero-order chi connectivity index (χ0) is 17.1. The van der Waals surface area contributed by atoms with Crippen LogP contribution in [0, 0.1) is 0 Å². The van der Waals surface area contributed by atoms with E-state index in [-0.39, 0.29) is 18.1 Å². The van der Waals surface area contributed by atoms with E-state index < -0.39 is 6.61 Å². The third-order valence-corrected chi connectivity index (χ3v) is 3.82. The van der Waals surface area contributed by atoms with Gasteiger partial charge in [-0.25, -0.2) is 0 Å². The number of alkyl halides is 2. The van der Waals surface area contributed by atoms with Crippen LogP contribution < -0.4 is 10.1 Å². The molecule has 0 saturated heterocycles. The number of hydrogen-bond acceptors (Lipinski definition) is 3. The summed E-state index contributed by atoms with van der Waals surface area (Å²) in [5.41, 5.74) is 1.96. The number of carbonyl (C=O) groups is 1. The van der Waals surface area contributed by atoms with Crippen molar-refractivity contribution in [3.63, 3.8) is 0 Å². The number of halogens is 3. The van der Waals surface area contributed by atoms with Gasteiger partial charge in [0.15, 0.2) is 0 Å². The maximum atomic E-state index is 12.2. The number of amides is 1. The lowest BCUT2D eigenvalue weighted by Gasteiger charge is -2.07. The van der Waals surface area contributed by atoms with Gasteiger partial charge in [-0.1, -0.05) is 15.9 Å². The smallest absolute Gasteiger partial charge is 0.387 e. The van der Waals surface area contributed by atoms with Crippen molar-refractivity contribution in [1.82, 2.24) is 0 Å². The molecule has 0 unspecified atom stereocenters. The van der Waals surface area contributed by atoms with Gasteiger partial charge in [-0.3, -0.25) is 4.79 Å². The highest BCUT2D eigenvalue weighted by Crippen LogP contribution is 2.25. The Kier molecular flexibility index (Phi) is 4.80. The second kappa shape index (κ2) is 7.00. The third kappa shape index (κ3) is 3.91. The van der Waals surface area contributed by atoms with E-state index in [1.54, 1.807) is 6.26 Å². The summed E-state index contributed by atoms with van der Waals surface area (Å²) in [5, 5.41) is 3.57. The Bertz CT molecular complexity index is 862. The average Bonchev–Trinajstić information content (AvgIpc) is 2.91. The molecule has 1 N–H and O–H groups in total. The van der Waals surface area contributed by atoms with Crippen molar-refractivity contribution in [2.75, 3.05) is 5.32 Å². The topological polar surface area (TPSA) is 51.5 Å². The lowest BCUT2D eigenvalue weighted by atomic mass is 10.1. The van der Waals surface area contributed by atoms with Gasteiger partial charge in [-0.2, -0.15) is 8.78 Å². The van der Waals surface area contributed by atoms with Crippen LogP contribution in [0.15, 0.2) is 57.6 Å². The maximum absolute atomic E-state index is 12.2. The second-order valence-corrected chi connectivity index (χ2v) is 5.94. The summed E-state index contributed by atoms with van der Waals surface area (Å²) in [6.45, 7) is -2.88. The van der Waals surface area contributed by atoms with E-state index in [0.29, 0.717) is 11.3 Å². The molecule has 0 saturated carbocycles. The standard InChI is InChI=1S/C17H12BrF2NO3/c18-11-1-6-15-14(8-11)10(9-23-15)7-16(22)21-12-2-4-13(5-3-12)24-17(19)20/h1-6,8-9,17H,7H2,(H,21,22). The van der Waals surface area contributed by atoms with E-state index >= 15 is 0 Å². The van der Waals surface area contributed by atoms with E-state index in [1.165, 1.54) is 24.3 Å². The number of furan rings is 1. The first kappa shape index (κ1) is 16.4. The first-order valence-corrected chi connectivity index (χ1v) is 7.81. The third-order valence-electron chi connectivity index (χ3n) is 3.33. The summed E-state index contributed by atoms with van der Waals surface area (Å²) < 4.78 is 34.8. The Morgan fingerprint density at radius 2 is 1.96 bits per heavy atom. The fourth-order valence-electron chi connectivity index (χ4n) is 2.29. The lowest BCUT2D eigenvalue weighted by Crippen LogP contribution is -2.14. The van der Waals surface area contributed by atoms with Crippen molar-refractivity contribution in [2.45, 2.75) is 13.0 Å². The zero-order valence-electron chi connectivity index (χ0n) is 12.3. The largest absolute Gasteiger partial charge is 0.464 e. The number of ether oxygens (including phenoxy) is 1.